The van der Waals surface area contributed by atoms with Crippen LogP contribution in [-0.2, 0) is 0 Å². The molecule has 0 aliphatic rings. The van der Waals surface area contributed by atoms with Crippen LogP contribution in [0, 0.1) is 23.3 Å². The van der Waals surface area contributed by atoms with E-state index in [9.17, 15) is 17.6 Å². The minimum absolute atomic E-state index is 0.243. The molecule has 0 nitrogen and oxygen atoms in total. The molecule has 0 aliphatic carbocycles. The maximum Gasteiger partial charge on any atom is 0.126 e. The van der Waals surface area contributed by atoms with Crippen LogP contribution >= 0.6 is 31.9 Å². The van der Waals surface area contributed by atoms with Crippen molar-refractivity contribution in [3.8, 4) is 0 Å². The van der Waals surface area contributed by atoms with Crippen LogP contribution in [0.2, 0.25) is 0 Å². The Labute approximate surface area is 199 Å². The molecule has 160 valence electrons. The molecule has 32 heavy (non-hydrogen) atoms. The molecule has 4 aromatic rings. The summed E-state index contributed by atoms with van der Waals surface area (Å²) in [7, 11) is 0. The average molecular weight is 562 g/mol. The average Bonchev–Trinajstić information content (AvgIpc) is 2.72. The zero-order valence-electron chi connectivity index (χ0n) is 16.4. The van der Waals surface area contributed by atoms with Gasteiger partial charge in [0.25, 0.3) is 0 Å². The lowest BCUT2D eigenvalue weighted by molar-refractivity contribution is 0.581. The van der Waals surface area contributed by atoms with E-state index in [0.717, 1.165) is 21.1 Å². The van der Waals surface area contributed by atoms with E-state index in [0.29, 0.717) is 22.3 Å². The van der Waals surface area contributed by atoms with E-state index in [2.05, 4.69) is 31.9 Å². The van der Waals surface area contributed by atoms with Crippen molar-refractivity contribution in [1.29, 1.82) is 0 Å². The van der Waals surface area contributed by atoms with E-state index in [1.54, 1.807) is 48.5 Å². The van der Waals surface area contributed by atoms with Crippen molar-refractivity contribution in [3.63, 3.8) is 0 Å². The molecule has 0 atom stereocenters. The second-order valence-electron chi connectivity index (χ2n) is 7.08. The van der Waals surface area contributed by atoms with Gasteiger partial charge in [-0.05, 0) is 81.9 Å². The SMILES string of the molecule is Fc1cc(F)cc(/C(=C(\c2ccc(Br)cc2)c2cc(F)cc(F)c2)c2ccc(Br)cc2)c1. The Morgan fingerprint density at radius 2 is 0.688 bits per heavy atom. The van der Waals surface area contributed by atoms with Gasteiger partial charge in [-0.1, -0.05) is 56.1 Å². The molecule has 0 radical (unpaired) electrons. The molecule has 6 heteroatoms. The van der Waals surface area contributed by atoms with Gasteiger partial charge in [-0.2, -0.15) is 0 Å². The molecule has 0 aliphatic heterocycles. The molecule has 0 heterocycles. The van der Waals surface area contributed by atoms with E-state index in [1.807, 2.05) is 0 Å². The van der Waals surface area contributed by atoms with Gasteiger partial charge in [-0.15, -0.1) is 0 Å². The quantitative estimate of drug-likeness (QED) is 0.172. The smallest absolute Gasteiger partial charge is 0.126 e. The summed E-state index contributed by atoms with van der Waals surface area (Å²) in [6, 6.07) is 20.6. The van der Waals surface area contributed by atoms with Gasteiger partial charge in [-0.25, -0.2) is 17.6 Å². The molecule has 0 spiro atoms. The van der Waals surface area contributed by atoms with Gasteiger partial charge in [0.2, 0.25) is 0 Å². The number of benzene rings is 4. The molecule has 0 saturated carbocycles. The number of rotatable bonds is 4. The van der Waals surface area contributed by atoms with Crippen LogP contribution in [0.5, 0.6) is 0 Å². The zero-order valence-corrected chi connectivity index (χ0v) is 19.5. The van der Waals surface area contributed by atoms with Crippen molar-refractivity contribution < 1.29 is 17.6 Å². The summed E-state index contributed by atoms with van der Waals surface area (Å²) in [6.45, 7) is 0. The first-order chi connectivity index (χ1) is 15.3. The highest BCUT2D eigenvalue weighted by atomic mass is 79.9. The summed E-state index contributed by atoms with van der Waals surface area (Å²) in [6.07, 6.45) is 0. The van der Waals surface area contributed by atoms with Gasteiger partial charge in [0.05, 0.1) is 0 Å². The van der Waals surface area contributed by atoms with Crippen LogP contribution in [0.15, 0.2) is 93.9 Å². The third-order valence-electron chi connectivity index (χ3n) is 4.82. The summed E-state index contributed by atoms with van der Waals surface area (Å²) in [4.78, 5) is 0. The van der Waals surface area contributed by atoms with Crippen molar-refractivity contribution in [2.45, 2.75) is 0 Å². The summed E-state index contributed by atoms with van der Waals surface area (Å²) >= 11 is 6.78. The summed E-state index contributed by atoms with van der Waals surface area (Å²) in [5.74, 6) is -3.02. The Balaban J connectivity index is 2.15. The molecule has 0 aromatic heterocycles. The third-order valence-corrected chi connectivity index (χ3v) is 5.88. The zero-order chi connectivity index (χ0) is 22.8. The lowest BCUT2D eigenvalue weighted by atomic mass is 9.85. The third kappa shape index (κ3) is 5.03. The Kier molecular flexibility index (Phi) is 6.63. The lowest BCUT2D eigenvalue weighted by Gasteiger charge is -2.19. The van der Waals surface area contributed by atoms with E-state index < -0.39 is 23.3 Å². The minimum Gasteiger partial charge on any atom is -0.207 e. The van der Waals surface area contributed by atoms with Crippen molar-refractivity contribution in [2.75, 3.05) is 0 Å². The van der Waals surface area contributed by atoms with Gasteiger partial charge in [0, 0.05) is 21.1 Å². The predicted octanol–water partition coefficient (Wildman–Crippen LogP) is 8.78. The van der Waals surface area contributed by atoms with Crippen molar-refractivity contribution >= 4 is 43.0 Å². The lowest BCUT2D eigenvalue weighted by Crippen LogP contribution is -2.00. The first kappa shape index (κ1) is 22.5. The second kappa shape index (κ2) is 9.43. The largest absolute Gasteiger partial charge is 0.207 e. The molecular formula is C26H14Br2F4. The van der Waals surface area contributed by atoms with E-state index in [-0.39, 0.29) is 11.1 Å². The molecular weight excluding hydrogens is 548 g/mol. The van der Waals surface area contributed by atoms with E-state index >= 15 is 0 Å². The van der Waals surface area contributed by atoms with Crippen LogP contribution < -0.4 is 0 Å². The Hall–Kier alpha value is -2.70. The van der Waals surface area contributed by atoms with Crippen LogP contribution in [0.4, 0.5) is 17.6 Å². The molecule has 0 amide bonds. The van der Waals surface area contributed by atoms with Crippen LogP contribution in [0.3, 0.4) is 0 Å². The molecule has 4 aromatic carbocycles. The Bertz CT molecular complexity index is 1170. The molecule has 0 N–H and O–H groups in total. The minimum atomic E-state index is -0.754. The highest BCUT2D eigenvalue weighted by Gasteiger charge is 2.19. The summed E-state index contributed by atoms with van der Waals surface area (Å²) in [5.41, 5.74) is 2.60. The number of halogens is 6. The van der Waals surface area contributed by atoms with Gasteiger partial charge in [0.1, 0.15) is 23.3 Å². The summed E-state index contributed by atoms with van der Waals surface area (Å²) in [5, 5.41) is 0. The first-order valence-corrected chi connectivity index (χ1v) is 11.1. The Morgan fingerprint density at radius 1 is 0.406 bits per heavy atom. The fourth-order valence-electron chi connectivity index (χ4n) is 3.54. The van der Waals surface area contributed by atoms with Gasteiger partial charge in [0.15, 0.2) is 0 Å². The standard InChI is InChI=1S/C26H14Br2F4/c27-19-5-1-15(2-6-19)25(17-9-21(29)13-22(30)10-17)26(16-3-7-20(28)8-4-16)18-11-23(31)14-24(32)12-18/h1-14H/b26-25+. The maximum absolute atomic E-state index is 14.2. The van der Waals surface area contributed by atoms with Crippen LogP contribution in [0.1, 0.15) is 22.3 Å². The number of hydrogen-bond acceptors (Lipinski definition) is 0. The highest BCUT2D eigenvalue weighted by Crippen LogP contribution is 2.38. The normalized spacial score (nSPS) is 11.9. The first-order valence-electron chi connectivity index (χ1n) is 9.49. The molecule has 0 fully saturated rings. The number of hydrogen-bond donors (Lipinski definition) is 0. The van der Waals surface area contributed by atoms with E-state index in [1.165, 1.54) is 24.3 Å². The van der Waals surface area contributed by atoms with Gasteiger partial charge < -0.3 is 0 Å². The van der Waals surface area contributed by atoms with Gasteiger partial charge >= 0.3 is 0 Å². The molecule has 4 rings (SSSR count). The topological polar surface area (TPSA) is 0 Å². The maximum atomic E-state index is 14.2. The van der Waals surface area contributed by atoms with Crippen molar-refractivity contribution in [2.24, 2.45) is 0 Å². The molecule has 0 bridgehead atoms. The van der Waals surface area contributed by atoms with Crippen LogP contribution in [0.25, 0.3) is 11.1 Å². The van der Waals surface area contributed by atoms with Crippen molar-refractivity contribution in [1.82, 2.24) is 0 Å². The predicted molar refractivity (Wildman–Crippen MR) is 126 cm³/mol. The summed E-state index contributed by atoms with van der Waals surface area (Å²) < 4.78 is 58.5. The van der Waals surface area contributed by atoms with Crippen molar-refractivity contribution in [3.05, 3.63) is 139 Å². The Morgan fingerprint density at radius 3 is 0.969 bits per heavy atom. The van der Waals surface area contributed by atoms with E-state index in [4.69, 9.17) is 0 Å². The van der Waals surface area contributed by atoms with Gasteiger partial charge in [-0.3, -0.25) is 0 Å². The molecule has 0 saturated heterocycles. The second-order valence-corrected chi connectivity index (χ2v) is 8.91. The fourth-order valence-corrected chi connectivity index (χ4v) is 4.07. The fraction of sp³-hybridized carbons (Fsp3) is 0. The monoisotopic (exact) mass is 560 g/mol. The highest BCUT2D eigenvalue weighted by molar-refractivity contribution is 9.10. The van der Waals surface area contributed by atoms with Crippen LogP contribution in [-0.4, -0.2) is 0 Å². The molecule has 0 unspecified atom stereocenters.